The highest BCUT2D eigenvalue weighted by Gasteiger charge is 2.38. The van der Waals surface area contributed by atoms with E-state index in [1.807, 2.05) is 6.92 Å². The molecule has 1 heterocycles. The van der Waals surface area contributed by atoms with Gasteiger partial charge in [-0.15, -0.1) is 0 Å². The molecule has 2 amide bonds. The second kappa shape index (κ2) is 10.4. The van der Waals surface area contributed by atoms with Crippen molar-refractivity contribution in [3.8, 4) is 5.75 Å². The monoisotopic (exact) mass is 543 g/mol. The quantitative estimate of drug-likeness (QED) is 0.601. The van der Waals surface area contributed by atoms with Gasteiger partial charge in [-0.1, -0.05) is 22.9 Å². The van der Waals surface area contributed by atoms with Crippen LogP contribution in [-0.4, -0.2) is 67.7 Å². The van der Waals surface area contributed by atoms with Gasteiger partial charge >= 0.3 is 6.03 Å². The highest BCUT2D eigenvalue weighted by Crippen LogP contribution is 2.35. The molecule has 2 N–H and O–H groups in total. The molecule has 0 spiro atoms. The standard InChI is InChI=1S/C22H27BrFN3O5S/c1-14-11-27(15(2)13-28)33(30,31)21-9-4-16(23)10-19(21)32-20(14)12-26(3)22(29)25-18-7-5-17(24)6-8-18/h4-10,14-15,20,28H,11-13H2,1-3H3,(H,25,29)/t14-,15+,20+/m0/s1. The Hall–Kier alpha value is -2.21. The fraction of sp³-hybridized carbons (Fsp3) is 0.409. The van der Waals surface area contributed by atoms with Crippen molar-refractivity contribution >= 4 is 37.7 Å². The molecule has 0 bridgehead atoms. The van der Waals surface area contributed by atoms with Crippen LogP contribution in [0.5, 0.6) is 5.75 Å². The average Bonchev–Trinajstić information content (AvgIpc) is 2.76. The lowest BCUT2D eigenvalue weighted by atomic mass is 10.0. The molecule has 0 saturated heterocycles. The van der Waals surface area contributed by atoms with Crippen molar-refractivity contribution in [1.29, 1.82) is 0 Å². The summed E-state index contributed by atoms with van der Waals surface area (Å²) in [7, 11) is -2.31. The predicted octanol–water partition coefficient (Wildman–Crippen LogP) is 3.52. The SMILES string of the molecule is C[C@H](CO)N1C[C@H](C)[C@@H](CN(C)C(=O)Nc2ccc(F)cc2)Oc2cc(Br)ccc2S1(=O)=O. The number of sulfonamides is 1. The molecule has 1 aliphatic rings. The van der Waals surface area contributed by atoms with Crippen LogP contribution < -0.4 is 10.1 Å². The number of carbonyl (C=O) groups is 1. The normalized spacial score (nSPS) is 21.2. The van der Waals surface area contributed by atoms with Gasteiger partial charge in [0.25, 0.3) is 0 Å². The number of hydrogen-bond acceptors (Lipinski definition) is 5. The van der Waals surface area contributed by atoms with Gasteiger partial charge < -0.3 is 20.1 Å². The molecule has 0 fully saturated rings. The lowest BCUT2D eigenvalue weighted by Gasteiger charge is -2.37. The van der Waals surface area contributed by atoms with Crippen LogP contribution in [0.4, 0.5) is 14.9 Å². The summed E-state index contributed by atoms with van der Waals surface area (Å²) < 4.78 is 47.8. The Balaban J connectivity index is 1.87. The summed E-state index contributed by atoms with van der Waals surface area (Å²) in [5.41, 5.74) is 0.447. The summed E-state index contributed by atoms with van der Waals surface area (Å²) in [6.07, 6.45) is -0.536. The number of aliphatic hydroxyl groups excluding tert-OH is 1. The molecule has 180 valence electrons. The first-order valence-corrected chi connectivity index (χ1v) is 12.6. The van der Waals surface area contributed by atoms with E-state index in [-0.39, 0.29) is 36.3 Å². The second-order valence-corrected chi connectivity index (χ2v) is 10.9. The van der Waals surface area contributed by atoms with Crippen LogP contribution >= 0.6 is 15.9 Å². The van der Waals surface area contributed by atoms with Crippen LogP contribution in [0.25, 0.3) is 0 Å². The number of fused-ring (bicyclic) bond motifs is 1. The van der Waals surface area contributed by atoms with Crippen molar-refractivity contribution in [2.45, 2.75) is 30.9 Å². The Morgan fingerprint density at radius 1 is 1.33 bits per heavy atom. The van der Waals surface area contributed by atoms with Crippen LogP contribution in [0.3, 0.4) is 0 Å². The van der Waals surface area contributed by atoms with E-state index in [0.717, 1.165) is 0 Å². The first-order chi connectivity index (χ1) is 15.5. The summed E-state index contributed by atoms with van der Waals surface area (Å²) in [5, 5.41) is 12.4. The Morgan fingerprint density at radius 2 is 2.00 bits per heavy atom. The van der Waals surface area contributed by atoms with E-state index in [1.165, 1.54) is 39.5 Å². The van der Waals surface area contributed by atoms with E-state index in [1.54, 1.807) is 26.1 Å². The van der Waals surface area contributed by atoms with Gasteiger partial charge in [0, 0.05) is 35.7 Å². The molecule has 2 aromatic rings. The van der Waals surface area contributed by atoms with Crippen molar-refractivity contribution in [3.05, 3.63) is 52.8 Å². The molecule has 8 nitrogen and oxygen atoms in total. The largest absolute Gasteiger partial charge is 0.487 e. The number of likely N-dealkylation sites (N-methyl/N-ethyl adjacent to an activating group) is 1. The summed E-state index contributed by atoms with van der Waals surface area (Å²) in [6.45, 7) is 3.43. The number of hydrogen-bond donors (Lipinski definition) is 2. The highest BCUT2D eigenvalue weighted by atomic mass is 79.9. The van der Waals surface area contributed by atoms with Gasteiger partial charge in [0.2, 0.25) is 10.0 Å². The average molecular weight is 544 g/mol. The molecule has 0 unspecified atom stereocenters. The van der Waals surface area contributed by atoms with Crippen molar-refractivity contribution in [1.82, 2.24) is 9.21 Å². The van der Waals surface area contributed by atoms with Crippen molar-refractivity contribution < 1.29 is 27.4 Å². The zero-order valence-electron chi connectivity index (χ0n) is 18.5. The predicted molar refractivity (Wildman–Crippen MR) is 126 cm³/mol. The summed E-state index contributed by atoms with van der Waals surface area (Å²) in [5.74, 6) is -0.537. The molecule has 33 heavy (non-hydrogen) atoms. The number of anilines is 1. The van der Waals surface area contributed by atoms with E-state index in [0.29, 0.717) is 10.2 Å². The van der Waals surface area contributed by atoms with E-state index < -0.39 is 34.0 Å². The maximum Gasteiger partial charge on any atom is 0.321 e. The zero-order chi connectivity index (χ0) is 24.3. The first kappa shape index (κ1) is 25.4. The summed E-state index contributed by atoms with van der Waals surface area (Å²) in [6, 6.07) is 9.04. The molecule has 2 aromatic carbocycles. The fourth-order valence-electron chi connectivity index (χ4n) is 3.52. The van der Waals surface area contributed by atoms with Gasteiger partial charge in [-0.25, -0.2) is 17.6 Å². The third-order valence-corrected chi connectivity index (χ3v) is 8.04. The molecule has 3 rings (SSSR count). The maximum atomic E-state index is 13.3. The van der Waals surface area contributed by atoms with E-state index in [4.69, 9.17) is 4.74 Å². The van der Waals surface area contributed by atoms with E-state index >= 15 is 0 Å². The molecule has 1 aliphatic heterocycles. The first-order valence-electron chi connectivity index (χ1n) is 10.4. The van der Waals surface area contributed by atoms with Gasteiger partial charge in [-0.3, -0.25) is 0 Å². The number of benzene rings is 2. The van der Waals surface area contributed by atoms with Gasteiger partial charge in [0.05, 0.1) is 13.2 Å². The highest BCUT2D eigenvalue weighted by molar-refractivity contribution is 9.10. The maximum absolute atomic E-state index is 13.3. The van der Waals surface area contributed by atoms with Gasteiger partial charge in [-0.2, -0.15) is 4.31 Å². The Morgan fingerprint density at radius 3 is 2.64 bits per heavy atom. The van der Waals surface area contributed by atoms with E-state index in [9.17, 15) is 22.7 Å². The number of amides is 2. The molecule has 3 atom stereocenters. The number of nitrogens with zero attached hydrogens (tertiary/aromatic N) is 2. The summed E-state index contributed by atoms with van der Waals surface area (Å²) >= 11 is 3.35. The van der Waals surface area contributed by atoms with Crippen molar-refractivity contribution in [2.75, 3.05) is 32.1 Å². The van der Waals surface area contributed by atoms with Crippen molar-refractivity contribution in [3.63, 3.8) is 0 Å². The molecule has 0 aromatic heterocycles. The topological polar surface area (TPSA) is 99.2 Å². The van der Waals surface area contributed by atoms with Crippen LogP contribution in [0.2, 0.25) is 0 Å². The number of halogens is 2. The number of ether oxygens (including phenoxy) is 1. The molecule has 11 heteroatoms. The second-order valence-electron chi connectivity index (χ2n) is 8.15. The number of aliphatic hydroxyl groups is 1. The summed E-state index contributed by atoms with van der Waals surface area (Å²) in [4.78, 5) is 14.1. The molecular weight excluding hydrogens is 517 g/mol. The van der Waals surface area contributed by atoms with Crippen LogP contribution in [0.15, 0.2) is 51.8 Å². The van der Waals surface area contributed by atoms with Gasteiger partial charge in [-0.05, 0) is 49.4 Å². The number of rotatable bonds is 5. The van der Waals surface area contributed by atoms with Crippen LogP contribution in [-0.2, 0) is 10.0 Å². The van der Waals surface area contributed by atoms with Gasteiger partial charge in [0.1, 0.15) is 22.6 Å². The molecule has 0 saturated carbocycles. The Kier molecular flexibility index (Phi) is 7.99. The van der Waals surface area contributed by atoms with E-state index in [2.05, 4.69) is 21.2 Å². The lowest BCUT2D eigenvalue weighted by Crippen LogP contribution is -2.50. The molecular formula is C22H27BrFN3O5S. The minimum atomic E-state index is -3.91. The number of urea groups is 1. The minimum Gasteiger partial charge on any atom is -0.487 e. The smallest absolute Gasteiger partial charge is 0.321 e. The molecule has 0 radical (unpaired) electrons. The zero-order valence-corrected chi connectivity index (χ0v) is 20.9. The number of carbonyl (C=O) groups excluding carboxylic acids is 1. The van der Waals surface area contributed by atoms with Crippen LogP contribution in [0, 0.1) is 11.7 Å². The number of nitrogens with one attached hydrogen (secondary N) is 1. The van der Waals surface area contributed by atoms with Gasteiger partial charge in [0.15, 0.2) is 0 Å². The minimum absolute atomic E-state index is 0.00122. The molecule has 0 aliphatic carbocycles. The fourth-order valence-corrected chi connectivity index (χ4v) is 5.69. The van der Waals surface area contributed by atoms with Crippen molar-refractivity contribution in [2.24, 2.45) is 5.92 Å². The Bertz CT molecular complexity index is 1100. The van der Waals surface area contributed by atoms with Crippen LogP contribution in [0.1, 0.15) is 13.8 Å². The third kappa shape index (κ3) is 5.84. The lowest BCUT2D eigenvalue weighted by molar-refractivity contribution is 0.0829. The Labute approximate surface area is 201 Å². The third-order valence-electron chi connectivity index (χ3n) is 5.53.